The standard InChI is InChI=1S/C11H21N3O/c1-4-11(3,15)8-12-6-10-7-13-9-14(10)5-2/h7,9,12,15H,4-6,8H2,1-3H3. The molecule has 2 N–H and O–H groups in total. The van der Waals surface area contributed by atoms with Crippen molar-refractivity contribution in [2.75, 3.05) is 6.54 Å². The van der Waals surface area contributed by atoms with Crippen LogP contribution in [0.15, 0.2) is 12.5 Å². The minimum Gasteiger partial charge on any atom is -0.389 e. The van der Waals surface area contributed by atoms with Crippen LogP contribution in [0.5, 0.6) is 0 Å². The highest BCUT2D eigenvalue weighted by Crippen LogP contribution is 2.06. The minimum atomic E-state index is -0.614. The zero-order valence-corrected chi connectivity index (χ0v) is 9.82. The Morgan fingerprint density at radius 2 is 2.27 bits per heavy atom. The van der Waals surface area contributed by atoms with Crippen LogP contribution in [-0.2, 0) is 13.1 Å². The quantitative estimate of drug-likeness (QED) is 0.742. The van der Waals surface area contributed by atoms with Gasteiger partial charge in [0.1, 0.15) is 0 Å². The van der Waals surface area contributed by atoms with Crippen molar-refractivity contribution < 1.29 is 5.11 Å². The van der Waals surface area contributed by atoms with E-state index in [4.69, 9.17) is 0 Å². The predicted octanol–water partition coefficient (Wildman–Crippen LogP) is 1.15. The van der Waals surface area contributed by atoms with Gasteiger partial charge < -0.3 is 15.0 Å². The summed E-state index contributed by atoms with van der Waals surface area (Å²) in [6, 6.07) is 0. The predicted molar refractivity (Wildman–Crippen MR) is 60.5 cm³/mol. The summed E-state index contributed by atoms with van der Waals surface area (Å²) in [5.74, 6) is 0. The molecule has 0 aliphatic rings. The van der Waals surface area contributed by atoms with Gasteiger partial charge in [0.2, 0.25) is 0 Å². The summed E-state index contributed by atoms with van der Waals surface area (Å²) < 4.78 is 2.09. The first-order chi connectivity index (χ1) is 7.09. The Morgan fingerprint density at radius 3 is 2.87 bits per heavy atom. The summed E-state index contributed by atoms with van der Waals surface area (Å²) in [7, 11) is 0. The largest absolute Gasteiger partial charge is 0.389 e. The Bertz CT molecular complexity index is 294. The van der Waals surface area contributed by atoms with Crippen LogP contribution < -0.4 is 5.32 Å². The van der Waals surface area contributed by atoms with Crippen molar-refractivity contribution in [2.24, 2.45) is 0 Å². The van der Waals surface area contributed by atoms with Crippen LogP contribution in [0.3, 0.4) is 0 Å². The highest BCUT2D eigenvalue weighted by atomic mass is 16.3. The number of hydrogen-bond donors (Lipinski definition) is 2. The summed E-state index contributed by atoms with van der Waals surface area (Å²) in [5, 5.41) is 13.0. The molecule has 4 nitrogen and oxygen atoms in total. The molecule has 1 aromatic heterocycles. The maximum Gasteiger partial charge on any atom is 0.0948 e. The Balaban J connectivity index is 2.38. The summed E-state index contributed by atoms with van der Waals surface area (Å²) in [5.41, 5.74) is 0.543. The van der Waals surface area contributed by atoms with E-state index in [9.17, 15) is 5.11 Å². The van der Waals surface area contributed by atoms with E-state index in [1.165, 1.54) is 0 Å². The SMILES string of the molecule is CCn1cncc1CNCC(C)(O)CC. The maximum absolute atomic E-state index is 9.79. The van der Waals surface area contributed by atoms with Crippen LogP contribution >= 0.6 is 0 Å². The third kappa shape index (κ3) is 3.64. The van der Waals surface area contributed by atoms with Crippen molar-refractivity contribution in [3.8, 4) is 0 Å². The van der Waals surface area contributed by atoms with Crippen LogP contribution in [0.2, 0.25) is 0 Å². The molecule has 1 unspecified atom stereocenters. The molecule has 0 spiro atoms. The number of nitrogens with one attached hydrogen (secondary N) is 1. The van der Waals surface area contributed by atoms with Crippen molar-refractivity contribution in [3.05, 3.63) is 18.2 Å². The fraction of sp³-hybridized carbons (Fsp3) is 0.727. The monoisotopic (exact) mass is 211 g/mol. The van der Waals surface area contributed by atoms with Crippen molar-refractivity contribution in [1.82, 2.24) is 14.9 Å². The number of aromatic nitrogens is 2. The van der Waals surface area contributed by atoms with Gasteiger partial charge in [-0.3, -0.25) is 0 Å². The number of nitrogens with zero attached hydrogens (tertiary/aromatic N) is 2. The first-order valence-corrected chi connectivity index (χ1v) is 5.51. The molecule has 0 aliphatic heterocycles. The van der Waals surface area contributed by atoms with Crippen molar-refractivity contribution in [1.29, 1.82) is 0 Å². The fourth-order valence-corrected chi connectivity index (χ4v) is 1.36. The van der Waals surface area contributed by atoms with E-state index in [0.29, 0.717) is 6.54 Å². The van der Waals surface area contributed by atoms with Gasteiger partial charge >= 0.3 is 0 Å². The number of imidazole rings is 1. The van der Waals surface area contributed by atoms with Crippen LogP contribution in [0.1, 0.15) is 32.9 Å². The molecular weight excluding hydrogens is 190 g/mol. The topological polar surface area (TPSA) is 50.1 Å². The molecule has 86 valence electrons. The molecule has 0 amide bonds. The van der Waals surface area contributed by atoms with Crippen molar-refractivity contribution >= 4 is 0 Å². The lowest BCUT2D eigenvalue weighted by Crippen LogP contribution is -2.37. The smallest absolute Gasteiger partial charge is 0.0948 e. The minimum absolute atomic E-state index is 0.610. The first-order valence-electron chi connectivity index (χ1n) is 5.51. The molecule has 4 heteroatoms. The van der Waals surface area contributed by atoms with Gasteiger partial charge in [-0.15, -0.1) is 0 Å². The molecule has 0 saturated carbocycles. The molecule has 0 aromatic carbocycles. The molecule has 0 aliphatic carbocycles. The van der Waals surface area contributed by atoms with E-state index in [0.717, 1.165) is 25.2 Å². The van der Waals surface area contributed by atoms with Crippen LogP contribution in [0.4, 0.5) is 0 Å². The van der Waals surface area contributed by atoms with E-state index < -0.39 is 5.60 Å². The second-order valence-electron chi connectivity index (χ2n) is 4.13. The van der Waals surface area contributed by atoms with Crippen molar-refractivity contribution in [2.45, 2.75) is 45.9 Å². The van der Waals surface area contributed by atoms with Gasteiger partial charge in [-0.1, -0.05) is 6.92 Å². The van der Waals surface area contributed by atoms with E-state index >= 15 is 0 Å². The summed E-state index contributed by atoms with van der Waals surface area (Å²) in [6.45, 7) is 8.21. The average molecular weight is 211 g/mol. The summed E-state index contributed by atoms with van der Waals surface area (Å²) >= 11 is 0. The normalized spacial score (nSPS) is 15.2. The van der Waals surface area contributed by atoms with Gasteiger partial charge in [0, 0.05) is 25.8 Å². The number of aryl methyl sites for hydroxylation is 1. The van der Waals surface area contributed by atoms with E-state index in [1.807, 2.05) is 26.4 Å². The summed E-state index contributed by atoms with van der Waals surface area (Å²) in [6.07, 6.45) is 4.44. The summed E-state index contributed by atoms with van der Waals surface area (Å²) in [4.78, 5) is 4.09. The third-order valence-electron chi connectivity index (χ3n) is 2.71. The Morgan fingerprint density at radius 1 is 1.53 bits per heavy atom. The lowest BCUT2D eigenvalue weighted by molar-refractivity contribution is 0.0554. The fourth-order valence-electron chi connectivity index (χ4n) is 1.36. The molecule has 0 fully saturated rings. The highest BCUT2D eigenvalue weighted by molar-refractivity contribution is 4.97. The maximum atomic E-state index is 9.79. The second-order valence-corrected chi connectivity index (χ2v) is 4.13. The van der Waals surface area contributed by atoms with Crippen LogP contribution in [0, 0.1) is 0 Å². The number of hydrogen-bond acceptors (Lipinski definition) is 3. The highest BCUT2D eigenvalue weighted by Gasteiger charge is 2.16. The van der Waals surface area contributed by atoms with E-state index in [-0.39, 0.29) is 0 Å². The molecule has 15 heavy (non-hydrogen) atoms. The van der Waals surface area contributed by atoms with Crippen LogP contribution in [-0.4, -0.2) is 26.8 Å². The molecular formula is C11H21N3O. The van der Waals surface area contributed by atoms with Gasteiger partial charge in [-0.05, 0) is 20.3 Å². The average Bonchev–Trinajstić information content (AvgIpc) is 2.65. The molecule has 1 rings (SSSR count). The Hall–Kier alpha value is -0.870. The molecule has 0 bridgehead atoms. The lowest BCUT2D eigenvalue weighted by atomic mass is 10.0. The lowest BCUT2D eigenvalue weighted by Gasteiger charge is -2.21. The first kappa shape index (κ1) is 12.2. The van der Waals surface area contributed by atoms with Gasteiger partial charge in [0.25, 0.3) is 0 Å². The van der Waals surface area contributed by atoms with Crippen LogP contribution in [0.25, 0.3) is 0 Å². The van der Waals surface area contributed by atoms with Crippen molar-refractivity contribution in [3.63, 3.8) is 0 Å². The molecule has 0 saturated heterocycles. The van der Waals surface area contributed by atoms with E-state index in [2.05, 4.69) is 21.8 Å². The second kappa shape index (κ2) is 5.28. The molecule has 1 heterocycles. The Labute approximate surface area is 91.3 Å². The van der Waals surface area contributed by atoms with E-state index in [1.54, 1.807) is 0 Å². The van der Waals surface area contributed by atoms with Gasteiger partial charge in [-0.25, -0.2) is 4.98 Å². The molecule has 1 atom stereocenters. The zero-order chi connectivity index (χ0) is 11.3. The van der Waals surface area contributed by atoms with Gasteiger partial charge in [0.15, 0.2) is 0 Å². The Kier molecular flexibility index (Phi) is 4.29. The molecule has 0 radical (unpaired) electrons. The zero-order valence-electron chi connectivity index (χ0n) is 9.82. The third-order valence-corrected chi connectivity index (χ3v) is 2.71. The number of aliphatic hydroxyl groups is 1. The van der Waals surface area contributed by atoms with Gasteiger partial charge in [0.05, 0.1) is 17.6 Å². The molecule has 1 aromatic rings. The number of rotatable bonds is 6. The van der Waals surface area contributed by atoms with Gasteiger partial charge in [-0.2, -0.15) is 0 Å².